The average molecular weight is 293 g/mol. The maximum absolute atomic E-state index is 11.9. The number of hydrogen-bond acceptors (Lipinski definition) is 4. The summed E-state index contributed by atoms with van der Waals surface area (Å²) in [6.45, 7) is 0.444. The van der Waals surface area contributed by atoms with Crippen molar-refractivity contribution < 1.29 is 13.5 Å². The van der Waals surface area contributed by atoms with E-state index in [2.05, 4.69) is 4.72 Å². The van der Waals surface area contributed by atoms with Gasteiger partial charge in [-0.1, -0.05) is 11.6 Å². The van der Waals surface area contributed by atoms with Crippen LogP contribution in [0.25, 0.3) is 0 Å². The summed E-state index contributed by atoms with van der Waals surface area (Å²) in [7, 11) is -3.59. The summed E-state index contributed by atoms with van der Waals surface area (Å²) in [4.78, 5) is 0.0283. The normalized spacial score (nSPS) is 11.7. The Morgan fingerprint density at radius 2 is 2.00 bits per heavy atom. The Morgan fingerprint density at radius 1 is 1.28 bits per heavy atom. The van der Waals surface area contributed by atoms with Gasteiger partial charge < -0.3 is 10.8 Å². The van der Waals surface area contributed by atoms with Gasteiger partial charge in [-0.25, -0.2) is 13.1 Å². The van der Waals surface area contributed by atoms with Gasteiger partial charge in [0.25, 0.3) is 0 Å². The standard InChI is InChI=1S/C11H17ClN2O3S/c12-10-8-9(13)4-5-11(10)18(16,17)14-6-2-1-3-7-15/h4-5,8,14-15H,1-3,6-7,13H2. The molecule has 0 amide bonds. The number of sulfonamides is 1. The Balaban J connectivity index is 2.63. The fraction of sp³-hybridized carbons (Fsp3) is 0.455. The van der Waals surface area contributed by atoms with Crippen molar-refractivity contribution >= 4 is 27.3 Å². The van der Waals surface area contributed by atoms with E-state index in [4.69, 9.17) is 22.4 Å². The Labute approximate surface area is 112 Å². The van der Waals surface area contributed by atoms with Gasteiger partial charge in [-0.2, -0.15) is 0 Å². The summed E-state index contributed by atoms with van der Waals surface area (Å²) in [5, 5.41) is 8.71. The lowest BCUT2D eigenvalue weighted by molar-refractivity contribution is 0.283. The highest BCUT2D eigenvalue weighted by molar-refractivity contribution is 7.89. The van der Waals surface area contributed by atoms with Crippen molar-refractivity contribution in [1.82, 2.24) is 4.72 Å². The zero-order chi connectivity index (χ0) is 13.6. The third kappa shape index (κ3) is 4.45. The highest BCUT2D eigenvalue weighted by Gasteiger charge is 2.16. The first-order chi connectivity index (χ1) is 8.47. The molecule has 0 fully saturated rings. The fourth-order valence-electron chi connectivity index (χ4n) is 1.43. The van der Waals surface area contributed by atoms with Crippen LogP contribution >= 0.6 is 11.6 Å². The molecule has 0 aliphatic carbocycles. The molecule has 0 atom stereocenters. The minimum Gasteiger partial charge on any atom is -0.399 e. The highest BCUT2D eigenvalue weighted by Crippen LogP contribution is 2.23. The van der Waals surface area contributed by atoms with Gasteiger partial charge in [0.15, 0.2) is 0 Å². The molecule has 102 valence electrons. The molecule has 0 heterocycles. The molecule has 0 unspecified atom stereocenters. The third-order valence-corrected chi connectivity index (χ3v) is 4.32. The highest BCUT2D eigenvalue weighted by atomic mass is 35.5. The van der Waals surface area contributed by atoms with Gasteiger partial charge >= 0.3 is 0 Å². The van der Waals surface area contributed by atoms with Crippen LogP contribution in [0.2, 0.25) is 5.02 Å². The number of hydrogen-bond donors (Lipinski definition) is 3. The number of nitrogen functional groups attached to an aromatic ring is 1. The third-order valence-electron chi connectivity index (χ3n) is 2.37. The molecular formula is C11H17ClN2O3S. The molecule has 0 aliphatic heterocycles. The molecule has 0 aliphatic rings. The first-order valence-corrected chi connectivity index (χ1v) is 7.49. The second-order valence-corrected chi connectivity index (χ2v) is 6.01. The Hall–Kier alpha value is -0.820. The molecule has 0 aromatic heterocycles. The number of aliphatic hydroxyl groups excluding tert-OH is 1. The first kappa shape index (κ1) is 15.2. The smallest absolute Gasteiger partial charge is 0.242 e. The summed E-state index contributed by atoms with van der Waals surface area (Å²) in [6.07, 6.45) is 2.12. The molecule has 7 heteroatoms. The number of rotatable bonds is 7. The fourth-order valence-corrected chi connectivity index (χ4v) is 3.06. The maximum atomic E-state index is 11.9. The Morgan fingerprint density at radius 3 is 2.61 bits per heavy atom. The van der Waals surface area contributed by atoms with Crippen molar-refractivity contribution in [1.29, 1.82) is 0 Å². The molecular weight excluding hydrogens is 276 g/mol. The molecule has 4 N–H and O–H groups in total. The minimum atomic E-state index is -3.59. The molecule has 1 aromatic carbocycles. The maximum Gasteiger partial charge on any atom is 0.242 e. The van der Waals surface area contributed by atoms with Crippen LogP contribution in [-0.4, -0.2) is 26.7 Å². The molecule has 1 rings (SSSR count). The summed E-state index contributed by atoms with van der Waals surface area (Å²) in [6, 6.07) is 4.28. The van der Waals surface area contributed by atoms with Crippen molar-refractivity contribution in [3.05, 3.63) is 23.2 Å². The van der Waals surface area contributed by atoms with Crippen LogP contribution in [0.3, 0.4) is 0 Å². The van der Waals surface area contributed by atoms with Gasteiger partial charge in [0, 0.05) is 18.8 Å². The summed E-state index contributed by atoms with van der Waals surface area (Å²) in [5.74, 6) is 0. The number of nitrogens with two attached hydrogens (primary N) is 1. The van der Waals surface area contributed by atoms with E-state index >= 15 is 0 Å². The lowest BCUT2D eigenvalue weighted by atomic mass is 10.2. The summed E-state index contributed by atoms with van der Waals surface area (Å²) in [5.41, 5.74) is 5.92. The van der Waals surface area contributed by atoms with E-state index in [1.165, 1.54) is 18.2 Å². The van der Waals surface area contributed by atoms with Crippen molar-refractivity contribution in [2.24, 2.45) is 0 Å². The number of benzene rings is 1. The second kappa shape index (κ2) is 6.94. The zero-order valence-electron chi connectivity index (χ0n) is 9.89. The number of nitrogens with one attached hydrogen (secondary N) is 1. The van der Waals surface area contributed by atoms with E-state index in [-0.39, 0.29) is 16.5 Å². The van der Waals surface area contributed by atoms with E-state index in [0.29, 0.717) is 25.1 Å². The van der Waals surface area contributed by atoms with E-state index in [1.54, 1.807) is 0 Å². The molecule has 0 bridgehead atoms. The van der Waals surface area contributed by atoms with Crippen LogP contribution in [0.15, 0.2) is 23.1 Å². The van der Waals surface area contributed by atoms with Crippen LogP contribution in [0.5, 0.6) is 0 Å². The lowest BCUT2D eigenvalue weighted by Gasteiger charge is -2.08. The second-order valence-electron chi connectivity index (χ2n) is 3.87. The summed E-state index contributed by atoms with van der Waals surface area (Å²) < 4.78 is 26.3. The van der Waals surface area contributed by atoms with Gasteiger partial charge in [0.05, 0.1) is 5.02 Å². The van der Waals surface area contributed by atoms with Crippen LogP contribution in [0.4, 0.5) is 5.69 Å². The van der Waals surface area contributed by atoms with E-state index < -0.39 is 10.0 Å². The van der Waals surface area contributed by atoms with Crippen LogP contribution < -0.4 is 10.5 Å². The quantitative estimate of drug-likeness (QED) is 0.523. The largest absolute Gasteiger partial charge is 0.399 e. The molecule has 0 radical (unpaired) electrons. The molecule has 0 saturated carbocycles. The van der Waals surface area contributed by atoms with Crippen molar-refractivity contribution in [2.45, 2.75) is 24.2 Å². The molecule has 5 nitrogen and oxygen atoms in total. The number of unbranched alkanes of at least 4 members (excludes halogenated alkanes) is 2. The Kier molecular flexibility index (Phi) is 5.87. The first-order valence-electron chi connectivity index (χ1n) is 5.63. The monoisotopic (exact) mass is 292 g/mol. The van der Waals surface area contributed by atoms with Crippen molar-refractivity contribution in [3.63, 3.8) is 0 Å². The number of aliphatic hydroxyl groups is 1. The number of anilines is 1. The van der Waals surface area contributed by atoms with Crippen molar-refractivity contribution in [3.8, 4) is 0 Å². The van der Waals surface area contributed by atoms with Crippen LogP contribution in [0.1, 0.15) is 19.3 Å². The van der Waals surface area contributed by atoms with Gasteiger partial charge in [-0.3, -0.25) is 0 Å². The Bertz CT molecular complexity index is 491. The SMILES string of the molecule is Nc1ccc(S(=O)(=O)NCCCCCO)c(Cl)c1. The molecule has 18 heavy (non-hydrogen) atoms. The van der Waals surface area contributed by atoms with Crippen LogP contribution in [0, 0.1) is 0 Å². The molecule has 0 saturated heterocycles. The minimum absolute atomic E-state index is 0.0283. The zero-order valence-corrected chi connectivity index (χ0v) is 11.5. The van der Waals surface area contributed by atoms with Gasteiger partial charge in [-0.05, 0) is 37.5 Å². The van der Waals surface area contributed by atoms with Gasteiger partial charge in [0.2, 0.25) is 10.0 Å². The van der Waals surface area contributed by atoms with E-state index in [9.17, 15) is 8.42 Å². The summed E-state index contributed by atoms with van der Waals surface area (Å²) >= 11 is 5.84. The van der Waals surface area contributed by atoms with Gasteiger partial charge in [-0.15, -0.1) is 0 Å². The van der Waals surface area contributed by atoms with E-state index in [1.807, 2.05) is 0 Å². The van der Waals surface area contributed by atoms with Gasteiger partial charge in [0.1, 0.15) is 4.90 Å². The molecule has 0 spiro atoms. The van der Waals surface area contributed by atoms with E-state index in [0.717, 1.165) is 6.42 Å². The van der Waals surface area contributed by atoms with Crippen LogP contribution in [-0.2, 0) is 10.0 Å². The average Bonchev–Trinajstić information content (AvgIpc) is 2.28. The lowest BCUT2D eigenvalue weighted by Crippen LogP contribution is -2.25. The number of halogens is 1. The predicted octanol–water partition coefficient (Wildman–Crippen LogP) is 1.36. The topological polar surface area (TPSA) is 92.4 Å². The van der Waals surface area contributed by atoms with Crippen molar-refractivity contribution in [2.75, 3.05) is 18.9 Å². The predicted molar refractivity (Wildman–Crippen MR) is 72.0 cm³/mol. The molecule has 1 aromatic rings.